The van der Waals surface area contributed by atoms with Gasteiger partial charge in [0.25, 0.3) is 5.91 Å². The van der Waals surface area contributed by atoms with Gasteiger partial charge < -0.3 is 0 Å². The maximum absolute atomic E-state index is 12.0. The molecule has 0 bridgehead atoms. The van der Waals surface area contributed by atoms with Crippen LogP contribution in [0.2, 0.25) is 0 Å². The fraction of sp³-hybridized carbons (Fsp3) is 0.533. The van der Waals surface area contributed by atoms with E-state index in [2.05, 4.69) is 10.8 Å². The maximum Gasteiger partial charge on any atom is 0.263 e. The van der Waals surface area contributed by atoms with Gasteiger partial charge >= 0.3 is 0 Å². The minimum atomic E-state index is -0.686. The normalized spacial score (nSPS) is 12.3. The molecule has 0 saturated carbocycles. The zero-order valence-corrected chi connectivity index (χ0v) is 12.4. The molecule has 0 heterocycles. The molecule has 0 atom stereocenters. The fourth-order valence-electron chi connectivity index (χ4n) is 1.88. The molecule has 0 unspecified atom stereocenters. The van der Waals surface area contributed by atoms with E-state index >= 15 is 0 Å². The van der Waals surface area contributed by atoms with E-state index in [1.807, 2.05) is 65.0 Å². The van der Waals surface area contributed by atoms with Crippen molar-refractivity contribution in [1.82, 2.24) is 10.8 Å². The van der Waals surface area contributed by atoms with Crippen molar-refractivity contribution in [3.63, 3.8) is 0 Å². The number of nitrogens with one attached hydrogen (secondary N) is 2. The van der Waals surface area contributed by atoms with Gasteiger partial charge in [0.15, 0.2) is 0 Å². The molecule has 4 heteroatoms. The first-order valence-electron chi connectivity index (χ1n) is 6.46. The van der Waals surface area contributed by atoms with Crippen molar-refractivity contribution in [3.05, 3.63) is 35.9 Å². The lowest BCUT2D eigenvalue weighted by atomic mass is 9.98. The minimum absolute atomic E-state index is 0.139. The smallest absolute Gasteiger partial charge is 0.263 e. The first-order chi connectivity index (χ1) is 8.71. The molecule has 4 nitrogen and oxygen atoms in total. The van der Waals surface area contributed by atoms with Gasteiger partial charge in [-0.1, -0.05) is 30.3 Å². The molecule has 106 valence electrons. The monoisotopic (exact) mass is 264 g/mol. The summed E-state index contributed by atoms with van der Waals surface area (Å²) in [6, 6.07) is 9.71. The lowest BCUT2D eigenvalue weighted by Gasteiger charge is -2.33. The molecule has 0 saturated heterocycles. The van der Waals surface area contributed by atoms with Gasteiger partial charge in [-0.05, 0) is 40.2 Å². The molecule has 0 aromatic heterocycles. The number of hydroxylamine groups is 1. The number of carbonyl (C=O) groups excluding carboxylic acids is 1. The quantitative estimate of drug-likeness (QED) is 0.803. The number of amides is 1. The highest BCUT2D eigenvalue weighted by Crippen LogP contribution is 2.10. The Hall–Kier alpha value is -1.39. The summed E-state index contributed by atoms with van der Waals surface area (Å²) < 4.78 is 0. The zero-order valence-electron chi connectivity index (χ0n) is 12.4. The Morgan fingerprint density at radius 1 is 1.11 bits per heavy atom. The summed E-state index contributed by atoms with van der Waals surface area (Å²) in [6.45, 7) is 10.1. The van der Waals surface area contributed by atoms with Crippen molar-refractivity contribution < 1.29 is 9.63 Å². The summed E-state index contributed by atoms with van der Waals surface area (Å²) >= 11 is 0. The van der Waals surface area contributed by atoms with Crippen molar-refractivity contribution in [2.75, 3.05) is 0 Å². The van der Waals surface area contributed by atoms with Crippen LogP contribution in [0.4, 0.5) is 0 Å². The first kappa shape index (κ1) is 15.7. The number of benzene rings is 1. The van der Waals surface area contributed by atoms with E-state index in [0.717, 1.165) is 5.56 Å². The highest BCUT2D eigenvalue weighted by molar-refractivity contribution is 5.84. The van der Waals surface area contributed by atoms with Crippen molar-refractivity contribution in [1.29, 1.82) is 0 Å². The number of rotatable bonds is 5. The van der Waals surface area contributed by atoms with Gasteiger partial charge in [-0.2, -0.15) is 0 Å². The van der Waals surface area contributed by atoms with E-state index in [-0.39, 0.29) is 11.4 Å². The van der Waals surface area contributed by atoms with Crippen LogP contribution < -0.4 is 10.8 Å². The third kappa shape index (κ3) is 5.85. The molecule has 2 N–H and O–H groups in total. The van der Waals surface area contributed by atoms with Gasteiger partial charge in [0.2, 0.25) is 0 Å². The Bertz CT molecular complexity index is 408. The third-order valence-corrected chi connectivity index (χ3v) is 2.50. The average Bonchev–Trinajstić information content (AvgIpc) is 2.27. The van der Waals surface area contributed by atoms with E-state index in [0.29, 0.717) is 6.61 Å². The van der Waals surface area contributed by atoms with Crippen LogP contribution >= 0.6 is 0 Å². The standard InChI is InChI=1S/C15H24N2O2/c1-14(2,3)17-15(4,5)13(18)16-19-11-12-9-7-6-8-10-12/h6-10,17H,11H2,1-5H3,(H,16,18). The van der Waals surface area contributed by atoms with Crippen LogP contribution in [0.5, 0.6) is 0 Å². The predicted molar refractivity (Wildman–Crippen MR) is 76.3 cm³/mol. The van der Waals surface area contributed by atoms with Crippen LogP contribution in [0, 0.1) is 0 Å². The third-order valence-electron chi connectivity index (χ3n) is 2.50. The zero-order chi connectivity index (χ0) is 14.5. The molecular weight excluding hydrogens is 240 g/mol. The second kappa shape index (κ2) is 6.17. The number of hydrogen-bond acceptors (Lipinski definition) is 3. The van der Waals surface area contributed by atoms with Gasteiger partial charge in [-0.15, -0.1) is 0 Å². The Labute approximate surface area is 115 Å². The van der Waals surface area contributed by atoms with E-state index in [9.17, 15) is 4.79 Å². The van der Waals surface area contributed by atoms with Gasteiger partial charge in [-0.3, -0.25) is 14.9 Å². The van der Waals surface area contributed by atoms with Gasteiger partial charge in [0, 0.05) is 5.54 Å². The van der Waals surface area contributed by atoms with E-state index in [4.69, 9.17) is 4.84 Å². The Kier molecular flexibility index (Phi) is 5.09. The molecule has 1 aromatic rings. The Morgan fingerprint density at radius 2 is 1.68 bits per heavy atom. The highest BCUT2D eigenvalue weighted by atomic mass is 16.6. The number of hydrogen-bond donors (Lipinski definition) is 2. The molecule has 0 aliphatic rings. The lowest BCUT2D eigenvalue weighted by Crippen LogP contribution is -2.58. The topological polar surface area (TPSA) is 50.4 Å². The van der Waals surface area contributed by atoms with Gasteiger partial charge in [0.05, 0.1) is 12.1 Å². The summed E-state index contributed by atoms with van der Waals surface area (Å²) in [6.07, 6.45) is 0. The molecule has 19 heavy (non-hydrogen) atoms. The fourth-order valence-corrected chi connectivity index (χ4v) is 1.88. The average molecular weight is 264 g/mol. The molecule has 1 rings (SSSR count). The molecule has 0 radical (unpaired) electrons. The molecule has 1 aromatic carbocycles. The summed E-state index contributed by atoms with van der Waals surface area (Å²) in [5.41, 5.74) is 2.69. The Balaban J connectivity index is 2.42. The molecule has 0 aliphatic heterocycles. The molecule has 0 aliphatic carbocycles. The molecule has 0 fully saturated rings. The number of carbonyl (C=O) groups is 1. The van der Waals surface area contributed by atoms with Crippen LogP contribution in [0.3, 0.4) is 0 Å². The van der Waals surface area contributed by atoms with E-state index in [1.54, 1.807) is 0 Å². The highest BCUT2D eigenvalue weighted by Gasteiger charge is 2.31. The maximum atomic E-state index is 12.0. The lowest BCUT2D eigenvalue weighted by molar-refractivity contribution is -0.141. The molecule has 1 amide bonds. The molecular formula is C15H24N2O2. The summed E-state index contributed by atoms with van der Waals surface area (Å²) in [5, 5.41) is 3.25. The van der Waals surface area contributed by atoms with Crippen molar-refractivity contribution in [2.24, 2.45) is 0 Å². The Morgan fingerprint density at radius 3 is 2.21 bits per heavy atom. The largest absolute Gasteiger partial charge is 0.299 e. The van der Waals surface area contributed by atoms with Gasteiger partial charge in [0.1, 0.15) is 0 Å². The van der Waals surface area contributed by atoms with Crippen LogP contribution in [-0.2, 0) is 16.2 Å². The van der Waals surface area contributed by atoms with Crippen molar-refractivity contribution >= 4 is 5.91 Å². The summed E-state index contributed by atoms with van der Waals surface area (Å²) in [5.74, 6) is -0.182. The second-order valence-electron chi connectivity index (χ2n) is 6.21. The summed E-state index contributed by atoms with van der Waals surface area (Å²) in [7, 11) is 0. The van der Waals surface area contributed by atoms with Crippen LogP contribution in [0.1, 0.15) is 40.2 Å². The second-order valence-corrected chi connectivity index (χ2v) is 6.21. The van der Waals surface area contributed by atoms with Crippen LogP contribution in [0.15, 0.2) is 30.3 Å². The SMILES string of the molecule is CC(C)(C)NC(C)(C)C(=O)NOCc1ccccc1. The van der Waals surface area contributed by atoms with Crippen LogP contribution in [0.25, 0.3) is 0 Å². The van der Waals surface area contributed by atoms with Crippen LogP contribution in [-0.4, -0.2) is 17.0 Å². The first-order valence-corrected chi connectivity index (χ1v) is 6.46. The van der Waals surface area contributed by atoms with Crippen molar-refractivity contribution in [3.8, 4) is 0 Å². The minimum Gasteiger partial charge on any atom is -0.299 e. The van der Waals surface area contributed by atoms with E-state index in [1.165, 1.54) is 0 Å². The van der Waals surface area contributed by atoms with Gasteiger partial charge in [-0.25, -0.2) is 5.48 Å². The predicted octanol–water partition coefficient (Wildman–Crippen LogP) is 2.40. The molecule has 0 spiro atoms. The van der Waals surface area contributed by atoms with Crippen molar-refractivity contribution in [2.45, 2.75) is 52.3 Å². The summed E-state index contributed by atoms with van der Waals surface area (Å²) in [4.78, 5) is 17.3. The van der Waals surface area contributed by atoms with E-state index < -0.39 is 5.54 Å².